The molecule has 7 rings (SSSR count). The van der Waals surface area contributed by atoms with Crippen molar-refractivity contribution < 1.29 is 32.5 Å². The van der Waals surface area contributed by atoms with Gasteiger partial charge in [-0.15, -0.1) is 0 Å². The van der Waals surface area contributed by atoms with Crippen molar-refractivity contribution >= 4 is 6.08 Å². The van der Waals surface area contributed by atoms with E-state index in [2.05, 4.69) is 0 Å². The Hall–Kier alpha value is -2.48. The standard InChI is InChI=1S/C13H13FO3.C13H13FO2/c14-9-3-1-2-8-10(9)17-13(12-11(8)16-12)4-6-15-7-5-13;14-11-3-1-2-10-4-5-13(16-12(10)11)6-8-15-9-7-13/h1-3,11-12H,4-7H2;1-5H,6-9H2. The maximum Gasteiger partial charge on any atom is 0.165 e. The van der Waals surface area contributed by atoms with Gasteiger partial charge in [0.2, 0.25) is 0 Å². The molecule has 0 amide bonds. The predicted molar refractivity (Wildman–Crippen MR) is 116 cm³/mol. The number of halogens is 2. The molecule has 0 aliphatic carbocycles. The number of rotatable bonds is 0. The van der Waals surface area contributed by atoms with Gasteiger partial charge in [0.15, 0.2) is 23.1 Å². The lowest BCUT2D eigenvalue weighted by atomic mass is 9.85. The van der Waals surface area contributed by atoms with Crippen LogP contribution in [0, 0.1) is 11.6 Å². The highest BCUT2D eigenvalue weighted by atomic mass is 19.1. The summed E-state index contributed by atoms with van der Waals surface area (Å²) in [4.78, 5) is 0. The summed E-state index contributed by atoms with van der Waals surface area (Å²) in [7, 11) is 0. The lowest BCUT2D eigenvalue weighted by Crippen LogP contribution is -2.48. The summed E-state index contributed by atoms with van der Waals surface area (Å²) in [5.74, 6) is 0.190. The van der Waals surface area contributed by atoms with Gasteiger partial charge < -0.3 is 23.7 Å². The van der Waals surface area contributed by atoms with Crippen LogP contribution in [0.2, 0.25) is 0 Å². The molecule has 3 fully saturated rings. The van der Waals surface area contributed by atoms with E-state index in [-0.39, 0.29) is 35.0 Å². The molecule has 0 radical (unpaired) electrons. The Morgan fingerprint density at radius 3 is 2.18 bits per heavy atom. The maximum absolute atomic E-state index is 13.8. The quantitative estimate of drug-likeness (QED) is 0.523. The summed E-state index contributed by atoms with van der Waals surface area (Å²) in [5.41, 5.74) is 0.954. The predicted octanol–water partition coefficient (Wildman–Crippen LogP) is 4.99. The summed E-state index contributed by atoms with van der Waals surface area (Å²) in [6, 6.07) is 10.0. The van der Waals surface area contributed by atoms with E-state index in [9.17, 15) is 8.78 Å². The Bertz CT molecular complexity index is 1070. The number of epoxide rings is 1. The molecule has 7 heteroatoms. The van der Waals surface area contributed by atoms with E-state index in [1.54, 1.807) is 12.1 Å². The van der Waals surface area contributed by atoms with Gasteiger partial charge in [0.1, 0.15) is 23.4 Å². The first-order chi connectivity index (χ1) is 16.1. The van der Waals surface area contributed by atoms with Gasteiger partial charge in [-0.05, 0) is 18.2 Å². The second-order valence-electron chi connectivity index (χ2n) is 9.19. The minimum atomic E-state index is -0.363. The molecule has 0 aromatic heterocycles. The molecular formula is C26H26F2O5. The largest absolute Gasteiger partial charge is 0.481 e. The van der Waals surface area contributed by atoms with E-state index in [0.29, 0.717) is 37.9 Å². The number of fused-ring (bicyclic) bond motifs is 5. The molecule has 0 saturated carbocycles. The van der Waals surface area contributed by atoms with E-state index in [1.807, 2.05) is 24.3 Å². The highest BCUT2D eigenvalue weighted by Crippen LogP contribution is 2.57. The first-order valence-electron chi connectivity index (χ1n) is 11.5. The van der Waals surface area contributed by atoms with Crippen molar-refractivity contribution in [3.05, 3.63) is 65.2 Å². The molecule has 0 N–H and O–H groups in total. The maximum atomic E-state index is 13.8. The van der Waals surface area contributed by atoms with E-state index in [1.165, 1.54) is 12.1 Å². The third kappa shape index (κ3) is 3.72. The highest BCUT2D eigenvalue weighted by Gasteiger charge is 2.61. The van der Waals surface area contributed by atoms with Crippen LogP contribution in [0.25, 0.3) is 6.08 Å². The van der Waals surface area contributed by atoms with E-state index < -0.39 is 0 Å². The van der Waals surface area contributed by atoms with Crippen LogP contribution in [0.3, 0.4) is 0 Å². The SMILES string of the molecule is Fc1cccc2c1OC1(C=C2)CCOCC1.Fc1cccc2c1OC1(CCOCC1)C1OC21. The third-order valence-corrected chi connectivity index (χ3v) is 7.17. The molecule has 5 nitrogen and oxygen atoms in total. The summed E-state index contributed by atoms with van der Waals surface area (Å²) < 4.78 is 55.6. The number of para-hydroxylation sites is 2. The Kier molecular flexibility index (Phi) is 5.16. The third-order valence-electron chi connectivity index (χ3n) is 7.17. The molecule has 33 heavy (non-hydrogen) atoms. The van der Waals surface area contributed by atoms with Gasteiger partial charge in [0.25, 0.3) is 0 Å². The zero-order valence-corrected chi connectivity index (χ0v) is 18.2. The van der Waals surface area contributed by atoms with Crippen molar-refractivity contribution in [2.24, 2.45) is 0 Å². The topological polar surface area (TPSA) is 49.5 Å². The van der Waals surface area contributed by atoms with E-state index >= 15 is 0 Å². The molecular weight excluding hydrogens is 430 g/mol. The summed E-state index contributed by atoms with van der Waals surface area (Å²) in [6.45, 7) is 2.68. The first-order valence-corrected chi connectivity index (χ1v) is 11.5. The number of hydrogen-bond donors (Lipinski definition) is 0. The van der Waals surface area contributed by atoms with E-state index in [4.69, 9.17) is 23.7 Å². The van der Waals surface area contributed by atoms with E-state index in [0.717, 1.165) is 36.8 Å². The second-order valence-corrected chi connectivity index (χ2v) is 9.19. The van der Waals surface area contributed by atoms with Crippen molar-refractivity contribution in [1.82, 2.24) is 0 Å². The van der Waals surface area contributed by atoms with Crippen molar-refractivity contribution in [2.75, 3.05) is 26.4 Å². The molecule has 5 aliphatic rings. The van der Waals surface area contributed by atoms with Crippen LogP contribution in [0.4, 0.5) is 8.78 Å². The molecule has 2 aromatic carbocycles. The lowest BCUT2D eigenvalue weighted by Gasteiger charge is -2.39. The van der Waals surface area contributed by atoms with Crippen LogP contribution in [-0.4, -0.2) is 43.7 Å². The lowest BCUT2D eigenvalue weighted by molar-refractivity contribution is -0.0643. The number of benzene rings is 2. The summed E-state index contributed by atoms with van der Waals surface area (Å²) in [6.07, 6.45) is 7.23. The van der Waals surface area contributed by atoms with Crippen LogP contribution in [0.5, 0.6) is 11.5 Å². The van der Waals surface area contributed by atoms with Gasteiger partial charge in [0, 0.05) is 36.8 Å². The zero-order valence-electron chi connectivity index (χ0n) is 18.2. The Balaban J connectivity index is 0.000000125. The Morgan fingerprint density at radius 2 is 1.42 bits per heavy atom. The van der Waals surface area contributed by atoms with Gasteiger partial charge in [-0.2, -0.15) is 0 Å². The van der Waals surface area contributed by atoms with Crippen LogP contribution in [0.1, 0.15) is 42.9 Å². The highest BCUT2D eigenvalue weighted by molar-refractivity contribution is 5.61. The molecule has 3 saturated heterocycles. The Labute approximate surface area is 191 Å². The average Bonchev–Trinajstić information content (AvgIpc) is 3.65. The monoisotopic (exact) mass is 456 g/mol. The van der Waals surface area contributed by atoms with Crippen LogP contribution in [0.15, 0.2) is 42.5 Å². The van der Waals surface area contributed by atoms with Gasteiger partial charge in [-0.25, -0.2) is 8.78 Å². The fourth-order valence-corrected chi connectivity index (χ4v) is 5.20. The molecule has 2 spiro atoms. The van der Waals surface area contributed by atoms with Crippen LogP contribution < -0.4 is 9.47 Å². The van der Waals surface area contributed by atoms with Gasteiger partial charge in [0.05, 0.1) is 26.4 Å². The molecule has 0 bridgehead atoms. The van der Waals surface area contributed by atoms with Gasteiger partial charge in [-0.1, -0.05) is 30.3 Å². The Morgan fingerprint density at radius 1 is 0.758 bits per heavy atom. The average molecular weight is 456 g/mol. The molecule has 5 aliphatic heterocycles. The molecule has 2 atom stereocenters. The van der Waals surface area contributed by atoms with Crippen LogP contribution in [-0.2, 0) is 14.2 Å². The fourth-order valence-electron chi connectivity index (χ4n) is 5.20. The van der Waals surface area contributed by atoms with Gasteiger partial charge in [-0.3, -0.25) is 0 Å². The van der Waals surface area contributed by atoms with Crippen LogP contribution >= 0.6 is 0 Å². The van der Waals surface area contributed by atoms with Crippen molar-refractivity contribution in [1.29, 1.82) is 0 Å². The number of ether oxygens (including phenoxy) is 5. The molecule has 2 unspecified atom stereocenters. The van der Waals surface area contributed by atoms with Crippen molar-refractivity contribution in [2.45, 2.75) is 49.1 Å². The smallest absolute Gasteiger partial charge is 0.165 e. The second kappa shape index (κ2) is 8.08. The molecule has 2 aromatic rings. The van der Waals surface area contributed by atoms with Crippen molar-refractivity contribution in [3.8, 4) is 11.5 Å². The normalized spacial score (nSPS) is 27.2. The fraction of sp³-hybridized carbons (Fsp3) is 0.462. The molecule has 5 heterocycles. The minimum absolute atomic E-state index is 0.0209. The zero-order chi connectivity index (χ0) is 22.5. The molecule has 174 valence electrons. The summed E-state index contributed by atoms with van der Waals surface area (Å²) in [5, 5.41) is 0. The van der Waals surface area contributed by atoms with Crippen molar-refractivity contribution in [3.63, 3.8) is 0 Å². The first kappa shape index (κ1) is 21.1. The summed E-state index contributed by atoms with van der Waals surface area (Å²) >= 11 is 0. The van der Waals surface area contributed by atoms with Gasteiger partial charge >= 0.3 is 0 Å². The number of hydrogen-bond acceptors (Lipinski definition) is 5. The minimum Gasteiger partial charge on any atom is -0.481 e.